The third kappa shape index (κ3) is 2.59. The van der Waals surface area contributed by atoms with Crippen LogP contribution in [0.15, 0.2) is 10.7 Å². The number of rotatable bonds is 2. The van der Waals surface area contributed by atoms with Crippen LogP contribution in [-0.4, -0.2) is 4.98 Å². The molecule has 0 atom stereocenters. The van der Waals surface area contributed by atoms with Gasteiger partial charge in [-0.25, -0.2) is 8.78 Å². The number of hydrogen-bond donors (Lipinski definition) is 0. The Balaban J connectivity index is 3.30. The van der Waals surface area contributed by atoms with Gasteiger partial charge in [0.2, 0.25) is 0 Å². The molecule has 1 aromatic rings. The maximum atomic E-state index is 12.4. The first-order chi connectivity index (χ1) is 6.07. The van der Waals surface area contributed by atoms with Crippen LogP contribution in [0.2, 0.25) is 0 Å². The van der Waals surface area contributed by atoms with E-state index < -0.39 is 6.43 Å². The predicted octanol–water partition coefficient (Wildman–Crippen LogP) is 4.28. The number of nitrogens with zero attached hydrogens (tertiary/aromatic N) is 1. The zero-order valence-corrected chi connectivity index (χ0v) is 11.5. The average Bonchev–Trinajstić information content (AvgIpc) is 2.09. The highest BCUT2D eigenvalue weighted by Crippen LogP contribution is 2.31. The van der Waals surface area contributed by atoms with Crippen LogP contribution in [0, 0.1) is 3.57 Å². The van der Waals surface area contributed by atoms with E-state index in [0.717, 1.165) is 3.57 Å². The molecule has 1 nitrogen and oxygen atoms in total. The third-order valence-corrected chi connectivity index (χ3v) is 4.47. The normalized spacial score (nSPS) is 10.9. The van der Waals surface area contributed by atoms with Gasteiger partial charge in [0.15, 0.2) is 0 Å². The van der Waals surface area contributed by atoms with Crippen LogP contribution in [0.4, 0.5) is 8.78 Å². The average molecular weight is 427 g/mol. The standard InChI is InChI=1S/C7H4Br2F2IN/c8-1-3-5(9)4(12)2-13-6(3)7(10)11/h2,7H,1H2. The second-order valence-electron chi connectivity index (χ2n) is 2.22. The summed E-state index contributed by atoms with van der Waals surface area (Å²) in [7, 11) is 0. The van der Waals surface area contributed by atoms with Gasteiger partial charge in [0.25, 0.3) is 6.43 Å². The summed E-state index contributed by atoms with van der Waals surface area (Å²) in [5.74, 6) is 0. The Hall–Kier alpha value is 0.700. The molecule has 6 heteroatoms. The van der Waals surface area contributed by atoms with Gasteiger partial charge in [0.05, 0.1) is 0 Å². The van der Waals surface area contributed by atoms with Gasteiger partial charge < -0.3 is 0 Å². The lowest BCUT2D eigenvalue weighted by Crippen LogP contribution is -1.99. The lowest BCUT2D eigenvalue weighted by Gasteiger charge is -2.08. The molecule has 0 unspecified atom stereocenters. The fraction of sp³-hybridized carbons (Fsp3) is 0.286. The zero-order valence-electron chi connectivity index (χ0n) is 6.20. The van der Waals surface area contributed by atoms with Crippen molar-refractivity contribution in [3.8, 4) is 0 Å². The van der Waals surface area contributed by atoms with E-state index >= 15 is 0 Å². The molecule has 72 valence electrons. The van der Waals surface area contributed by atoms with Gasteiger partial charge >= 0.3 is 0 Å². The molecular formula is C7H4Br2F2IN. The summed E-state index contributed by atoms with van der Waals surface area (Å²) in [6, 6.07) is 0. The van der Waals surface area contributed by atoms with E-state index in [9.17, 15) is 8.78 Å². The second kappa shape index (κ2) is 4.97. The van der Waals surface area contributed by atoms with Crippen molar-refractivity contribution in [3.63, 3.8) is 0 Å². The van der Waals surface area contributed by atoms with Crippen molar-refractivity contribution in [2.45, 2.75) is 11.8 Å². The molecule has 1 heterocycles. The minimum absolute atomic E-state index is 0.163. The quantitative estimate of drug-likeness (QED) is 0.508. The smallest absolute Gasteiger partial charge is 0.254 e. The molecule has 0 aliphatic heterocycles. The van der Waals surface area contributed by atoms with E-state index in [2.05, 4.69) is 36.8 Å². The highest BCUT2D eigenvalue weighted by molar-refractivity contribution is 14.1. The van der Waals surface area contributed by atoms with E-state index in [1.807, 2.05) is 22.6 Å². The summed E-state index contributed by atoms with van der Waals surface area (Å²) in [6.07, 6.45) is -1.10. The first kappa shape index (κ1) is 11.8. The Labute approximate surface area is 105 Å². The lowest BCUT2D eigenvalue weighted by molar-refractivity contribution is 0.145. The third-order valence-electron chi connectivity index (χ3n) is 1.44. The van der Waals surface area contributed by atoms with Gasteiger partial charge in [-0.15, -0.1) is 0 Å². The number of hydrogen-bond acceptors (Lipinski definition) is 1. The van der Waals surface area contributed by atoms with Gasteiger partial charge in [-0.1, -0.05) is 15.9 Å². The van der Waals surface area contributed by atoms with Crippen LogP contribution in [0.1, 0.15) is 17.7 Å². The van der Waals surface area contributed by atoms with Crippen molar-refractivity contribution in [3.05, 3.63) is 25.5 Å². The van der Waals surface area contributed by atoms with Gasteiger partial charge in [-0.2, -0.15) is 0 Å². The summed E-state index contributed by atoms with van der Waals surface area (Å²) in [6.45, 7) is 0. The Bertz CT molecular complexity index is 320. The van der Waals surface area contributed by atoms with Crippen molar-refractivity contribution in [1.82, 2.24) is 4.98 Å². The lowest BCUT2D eigenvalue weighted by atomic mass is 10.2. The molecule has 0 saturated heterocycles. The van der Waals surface area contributed by atoms with Gasteiger partial charge in [-0.05, 0) is 38.5 Å². The number of halogens is 5. The minimum atomic E-state index is -2.53. The Morgan fingerprint density at radius 2 is 2.15 bits per heavy atom. The van der Waals surface area contributed by atoms with Gasteiger partial charge in [-0.3, -0.25) is 4.98 Å². The number of aromatic nitrogens is 1. The summed E-state index contributed by atoms with van der Waals surface area (Å²) < 4.78 is 26.4. The molecule has 13 heavy (non-hydrogen) atoms. The summed E-state index contributed by atoms with van der Waals surface area (Å²) in [5, 5.41) is 0.372. The van der Waals surface area contributed by atoms with Crippen molar-refractivity contribution >= 4 is 54.5 Å². The fourth-order valence-corrected chi connectivity index (χ4v) is 2.69. The van der Waals surface area contributed by atoms with Crippen molar-refractivity contribution < 1.29 is 8.78 Å². The maximum absolute atomic E-state index is 12.4. The summed E-state index contributed by atoms with van der Waals surface area (Å²) in [4.78, 5) is 3.69. The number of alkyl halides is 3. The predicted molar refractivity (Wildman–Crippen MR) is 62.2 cm³/mol. The van der Waals surface area contributed by atoms with E-state index in [1.54, 1.807) is 0 Å². The maximum Gasteiger partial charge on any atom is 0.280 e. The van der Waals surface area contributed by atoms with E-state index in [-0.39, 0.29) is 5.69 Å². The molecule has 0 bridgehead atoms. The Kier molecular flexibility index (Phi) is 4.50. The van der Waals surface area contributed by atoms with Crippen molar-refractivity contribution in [2.24, 2.45) is 0 Å². The SMILES string of the molecule is FC(F)c1ncc(I)c(Br)c1CBr. The molecule has 0 radical (unpaired) electrons. The summed E-state index contributed by atoms with van der Waals surface area (Å²) in [5.41, 5.74) is 0.353. The molecule has 1 rings (SSSR count). The largest absolute Gasteiger partial charge is 0.280 e. The topological polar surface area (TPSA) is 12.9 Å². The minimum Gasteiger partial charge on any atom is -0.254 e. The molecule has 0 aliphatic rings. The Morgan fingerprint density at radius 3 is 2.62 bits per heavy atom. The molecule has 0 aliphatic carbocycles. The van der Waals surface area contributed by atoms with Crippen LogP contribution >= 0.6 is 54.5 Å². The molecule has 0 amide bonds. The van der Waals surface area contributed by atoms with E-state index in [0.29, 0.717) is 15.4 Å². The Morgan fingerprint density at radius 1 is 1.54 bits per heavy atom. The first-order valence-electron chi connectivity index (χ1n) is 3.24. The molecule has 0 saturated carbocycles. The summed E-state index contributed by atoms with van der Waals surface area (Å²) >= 11 is 8.44. The first-order valence-corrected chi connectivity index (χ1v) is 6.24. The molecule has 0 fully saturated rings. The van der Waals surface area contributed by atoms with Crippen LogP contribution in [0.5, 0.6) is 0 Å². The van der Waals surface area contributed by atoms with Crippen molar-refractivity contribution in [1.29, 1.82) is 0 Å². The van der Waals surface area contributed by atoms with Crippen LogP contribution in [0.25, 0.3) is 0 Å². The second-order valence-corrected chi connectivity index (χ2v) is 4.73. The highest BCUT2D eigenvalue weighted by Gasteiger charge is 2.17. The molecule has 1 aromatic heterocycles. The van der Waals surface area contributed by atoms with Crippen LogP contribution < -0.4 is 0 Å². The number of pyridine rings is 1. The van der Waals surface area contributed by atoms with Crippen molar-refractivity contribution in [2.75, 3.05) is 0 Å². The monoisotopic (exact) mass is 425 g/mol. The van der Waals surface area contributed by atoms with E-state index in [4.69, 9.17) is 0 Å². The molecule has 0 spiro atoms. The van der Waals surface area contributed by atoms with Crippen LogP contribution in [0.3, 0.4) is 0 Å². The zero-order chi connectivity index (χ0) is 10.0. The molecular weight excluding hydrogens is 423 g/mol. The molecule has 0 aromatic carbocycles. The van der Waals surface area contributed by atoms with Crippen LogP contribution in [-0.2, 0) is 5.33 Å². The van der Waals surface area contributed by atoms with E-state index in [1.165, 1.54) is 6.20 Å². The fourth-order valence-electron chi connectivity index (χ4n) is 0.833. The molecule has 0 N–H and O–H groups in total. The highest BCUT2D eigenvalue weighted by atomic mass is 127. The van der Waals surface area contributed by atoms with Gasteiger partial charge in [0.1, 0.15) is 5.69 Å². The van der Waals surface area contributed by atoms with Gasteiger partial charge in [0, 0.05) is 25.1 Å².